The van der Waals surface area contributed by atoms with Crippen LogP contribution in [0, 0.1) is 17.3 Å². The van der Waals surface area contributed by atoms with Crippen molar-refractivity contribution < 1.29 is 14.3 Å². The lowest BCUT2D eigenvalue weighted by Gasteiger charge is -2.56. The fraction of sp³-hybridized carbons (Fsp3) is 0.800. The first-order chi connectivity index (χ1) is 6.56. The van der Waals surface area contributed by atoms with E-state index in [9.17, 15) is 9.59 Å². The summed E-state index contributed by atoms with van der Waals surface area (Å²) >= 11 is 0. The van der Waals surface area contributed by atoms with Gasteiger partial charge >= 0.3 is 5.97 Å². The van der Waals surface area contributed by atoms with E-state index in [4.69, 9.17) is 5.73 Å². The molecule has 0 aromatic carbocycles. The van der Waals surface area contributed by atoms with Crippen LogP contribution in [0.15, 0.2) is 0 Å². The summed E-state index contributed by atoms with van der Waals surface area (Å²) in [6, 6.07) is 0. The Labute approximate surface area is 82.8 Å². The molecule has 2 N–H and O–H groups in total. The van der Waals surface area contributed by atoms with Crippen LogP contribution < -0.4 is 5.73 Å². The van der Waals surface area contributed by atoms with Crippen LogP contribution in [0.4, 0.5) is 0 Å². The van der Waals surface area contributed by atoms with Crippen LogP contribution in [0.25, 0.3) is 0 Å². The van der Waals surface area contributed by atoms with Crippen LogP contribution in [-0.2, 0) is 14.3 Å². The number of nitrogens with two attached hydrogens (primary N) is 1. The van der Waals surface area contributed by atoms with Gasteiger partial charge in [-0.1, -0.05) is 0 Å². The Kier molecular flexibility index (Phi) is 2.01. The van der Waals surface area contributed by atoms with Crippen molar-refractivity contribution in [3.63, 3.8) is 0 Å². The van der Waals surface area contributed by atoms with E-state index in [0.717, 1.165) is 25.7 Å². The van der Waals surface area contributed by atoms with Gasteiger partial charge in [0.2, 0.25) is 5.91 Å². The molecule has 0 aromatic heterocycles. The monoisotopic (exact) mass is 197 g/mol. The fourth-order valence-electron chi connectivity index (χ4n) is 2.84. The molecule has 0 unspecified atom stereocenters. The number of amides is 1. The summed E-state index contributed by atoms with van der Waals surface area (Å²) in [6.07, 6.45) is 3.50. The number of hydrogen-bond donors (Lipinski definition) is 1. The molecule has 0 aromatic rings. The zero-order valence-corrected chi connectivity index (χ0v) is 8.29. The van der Waals surface area contributed by atoms with Crippen LogP contribution >= 0.6 is 0 Å². The molecule has 0 aliphatic heterocycles. The van der Waals surface area contributed by atoms with Gasteiger partial charge in [-0.15, -0.1) is 0 Å². The molecule has 0 saturated heterocycles. The molecule has 0 bridgehead atoms. The quantitative estimate of drug-likeness (QED) is 0.653. The third kappa shape index (κ3) is 1.29. The number of carbonyl (C=O) groups is 2. The topological polar surface area (TPSA) is 69.4 Å². The van der Waals surface area contributed by atoms with Gasteiger partial charge in [0.25, 0.3) is 0 Å². The minimum absolute atomic E-state index is 0.0496. The van der Waals surface area contributed by atoms with Gasteiger partial charge in [-0.05, 0) is 31.1 Å². The highest BCUT2D eigenvalue weighted by atomic mass is 16.5. The second-order valence-corrected chi connectivity index (χ2v) is 4.64. The lowest BCUT2D eigenvalue weighted by Crippen LogP contribution is -2.53. The van der Waals surface area contributed by atoms with E-state index in [1.54, 1.807) is 0 Å². The Bertz CT molecular complexity index is 273. The summed E-state index contributed by atoms with van der Waals surface area (Å²) in [5, 5.41) is 0. The average molecular weight is 197 g/mol. The molecule has 4 nitrogen and oxygen atoms in total. The molecule has 78 valence electrons. The SMILES string of the molecule is COC(=O)C1CC2(CC(C(N)=O)C2)C1. The smallest absolute Gasteiger partial charge is 0.308 e. The maximum absolute atomic E-state index is 11.1. The molecule has 4 heteroatoms. The summed E-state index contributed by atoms with van der Waals surface area (Å²) in [7, 11) is 1.42. The van der Waals surface area contributed by atoms with Gasteiger partial charge in [0.15, 0.2) is 0 Å². The molecular formula is C10H15NO3. The summed E-state index contributed by atoms with van der Waals surface area (Å²) < 4.78 is 4.66. The second kappa shape index (κ2) is 2.97. The molecule has 14 heavy (non-hydrogen) atoms. The van der Waals surface area contributed by atoms with Crippen molar-refractivity contribution in [2.24, 2.45) is 23.0 Å². The number of hydrogen-bond acceptors (Lipinski definition) is 3. The van der Waals surface area contributed by atoms with E-state index in [0.29, 0.717) is 0 Å². The summed E-state index contributed by atoms with van der Waals surface area (Å²) in [5.74, 6) is -0.197. The van der Waals surface area contributed by atoms with E-state index >= 15 is 0 Å². The largest absolute Gasteiger partial charge is 0.469 e. The summed E-state index contributed by atoms with van der Waals surface area (Å²) in [6.45, 7) is 0. The van der Waals surface area contributed by atoms with Gasteiger partial charge in [0.05, 0.1) is 13.0 Å². The van der Waals surface area contributed by atoms with Crippen molar-refractivity contribution >= 4 is 11.9 Å². The maximum atomic E-state index is 11.1. The standard InChI is InChI=1S/C10H15NO3/c1-14-9(13)7-4-10(5-7)2-6(3-10)8(11)12/h6-7H,2-5H2,1H3,(H2,11,12). The van der Waals surface area contributed by atoms with Gasteiger partial charge in [-0.25, -0.2) is 0 Å². The van der Waals surface area contributed by atoms with E-state index in [1.807, 2.05) is 0 Å². The van der Waals surface area contributed by atoms with Crippen LogP contribution in [0.3, 0.4) is 0 Å². The number of carbonyl (C=O) groups excluding carboxylic acids is 2. The van der Waals surface area contributed by atoms with Gasteiger partial charge in [0.1, 0.15) is 0 Å². The van der Waals surface area contributed by atoms with E-state index in [2.05, 4.69) is 4.74 Å². The fourth-order valence-corrected chi connectivity index (χ4v) is 2.84. The van der Waals surface area contributed by atoms with Crippen molar-refractivity contribution in [2.75, 3.05) is 7.11 Å². The number of methoxy groups -OCH3 is 1. The number of ether oxygens (including phenoxy) is 1. The van der Waals surface area contributed by atoms with Crippen molar-refractivity contribution in [1.29, 1.82) is 0 Å². The Morgan fingerprint density at radius 1 is 1.21 bits per heavy atom. The van der Waals surface area contributed by atoms with Crippen LogP contribution in [0.2, 0.25) is 0 Å². The van der Waals surface area contributed by atoms with E-state index in [-0.39, 0.29) is 29.1 Å². The zero-order valence-electron chi connectivity index (χ0n) is 8.29. The third-order valence-electron chi connectivity index (χ3n) is 3.65. The minimum Gasteiger partial charge on any atom is -0.469 e. The first-order valence-corrected chi connectivity index (χ1v) is 4.93. The maximum Gasteiger partial charge on any atom is 0.308 e. The summed E-state index contributed by atoms with van der Waals surface area (Å²) in [4.78, 5) is 21.9. The van der Waals surface area contributed by atoms with Gasteiger partial charge in [-0.3, -0.25) is 9.59 Å². The molecule has 0 heterocycles. The predicted octanol–water partition coefficient (Wildman–Crippen LogP) is 0.451. The van der Waals surface area contributed by atoms with Crippen LogP contribution in [0.5, 0.6) is 0 Å². The van der Waals surface area contributed by atoms with Crippen molar-refractivity contribution in [2.45, 2.75) is 25.7 Å². The van der Waals surface area contributed by atoms with Crippen molar-refractivity contribution in [3.8, 4) is 0 Å². The molecule has 0 radical (unpaired) electrons. The Morgan fingerprint density at radius 2 is 1.71 bits per heavy atom. The van der Waals surface area contributed by atoms with Crippen molar-refractivity contribution in [3.05, 3.63) is 0 Å². The van der Waals surface area contributed by atoms with Crippen molar-refractivity contribution in [1.82, 2.24) is 0 Å². The highest BCUT2D eigenvalue weighted by Gasteiger charge is 2.56. The first-order valence-electron chi connectivity index (χ1n) is 4.93. The predicted molar refractivity (Wildman–Crippen MR) is 49.1 cm³/mol. The minimum atomic E-state index is -0.197. The van der Waals surface area contributed by atoms with Gasteiger partial charge < -0.3 is 10.5 Å². The lowest BCUT2D eigenvalue weighted by atomic mass is 9.48. The zero-order chi connectivity index (χ0) is 10.3. The molecule has 0 atom stereocenters. The molecule has 2 saturated carbocycles. The lowest BCUT2D eigenvalue weighted by molar-refractivity contribution is -0.163. The number of primary amides is 1. The molecule has 2 rings (SSSR count). The molecular weight excluding hydrogens is 182 g/mol. The Hall–Kier alpha value is -1.06. The van der Waals surface area contributed by atoms with E-state index < -0.39 is 0 Å². The second-order valence-electron chi connectivity index (χ2n) is 4.64. The Balaban J connectivity index is 1.79. The summed E-state index contributed by atoms with van der Waals surface area (Å²) in [5.41, 5.74) is 5.44. The molecule has 1 amide bonds. The number of rotatable bonds is 2. The highest BCUT2D eigenvalue weighted by Crippen LogP contribution is 2.61. The molecule has 2 fully saturated rings. The number of esters is 1. The highest BCUT2D eigenvalue weighted by molar-refractivity contribution is 5.79. The molecule has 2 aliphatic rings. The molecule has 2 aliphatic carbocycles. The normalized spacial score (nSPS) is 39.8. The van der Waals surface area contributed by atoms with E-state index in [1.165, 1.54) is 7.11 Å². The van der Waals surface area contributed by atoms with Crippen LogP contribution in [0.1, 0.15) is 25.7 Å². The average Bonchev–Trinajstić information content (AvgIpc) is 1.98. The third-order valence-corrected chi connectivity index (χ3v) is 3.65. The van der Waals surface area contributed by atoms with Crippen LogP contribution in [-0.4, -0.2) is 19.0 Å². The van der Waals surface area contributed by atoms with Gasteiger partial charge in [0, 0.05) is 5.92 Å². The van der Waals surface area contributed by atoms with Gasteiger partial charge in [-0.2, -0.15) is 0 Å². The molecule has 1 spiro atoms. The first kappa shape index (κ1) is 9.49. The Morgan fingerprint density at radius 3 is 2.14 bits per heavy atom.